The number of nitrogens with zero attached hydrogens (tertiary/aromatic N) is 3. The van der Waals surface area contributed by atoms with Crippen molar-refractivity contribution in [3.05, 3.63) is 6.07 Å². The Morgan fingerprint density at radius 3 is 2.05 bits per heavy atom. The predicted molar refractivity (Wildman–Crippen MR) is 80.6 cm³/mol. The normalized spacial score (nSPS) is 10.6. The number of hydrogen-bond acceptors (Lipinski definition) is 5. The van der Waals surface area contributed by atoms with E-state index in [4.69, 9.17) is 9.47 Å². The number of anilines is 1. The van der Waals surface area contributed by atoms with Crippen LogP contribution in [0.1, 0.15) is 26.7 Å². The monoisotopic (exact) mass is 331 g/mol. The molecule has 0 saturated carbocycles. The Balaban J connectivity index is 3.12. The van der Waals surface area contributed by atoms with Gasteiger partial charge in [0.25, 0.3) is 0 Å². The maximum atomic E-state index is 5.20. The molecule has 0 bridgehead atoms. The highest BCUT2D eigenvalue weighted by atomic mass is 79.9. The van der Waals surface area contributed by atoms with Gasteiger partial charge in [-0.15, -0.1) is 0 Å². The molecule has 0 aromatic carbocycles. The lowest BCUT2D eigenvalue weighted by molar-refractivity contribution is 0.370. The Kier molecular flexibility index (Phi) is 6.91. The molecule has 0 radical (unpaired) electrons. The minimum atomic E-state index is 0.411. The molecule has 6 heteroatoms. The molecule has 1 aromatic heterocycles. The van der Waals surface area contributed by atoms with E-state index in [1.54, 1.807) is 20.3 Å². The molecule has 19 heavy (non-hydrogen) atoms. The highest BCUT2D eigenvalue weighted by Gasteiger charge is 2.19. The van der Waals surface area contributed by atoms with Gasteiger partial charge in [-0.05, 0) is 12.8 Å². The first kappa shape index (κ1) is 16.0. The summed E-state index contributed by atoms with van der Waals surface area (Å²) in [6.07, 6.45) is 2.10. The number of halogens is 1. The van der Waals surface area contributed by atoms with E-state index < -0.39 is 0 Å². The molecule has 0 unspecified atom stereocenters. The van der Waals surface area contributed by atoms with Crippen molar-refractivity contribution in [1.82, 2.24) is 9.97 Å². The average molecular weight is 332 g/mol. The van der Waals surface area contributed by atoms with Crippen molar-refractivity contribution < 1.29 is 9.47 Å². The van der Waals surface area contributed by atoms with Crippen LogP contribution in [0.2, 0.25) is 0 Å². The first-order valence-corrected chi connectivity index (χ1v) is 7.61. The van der Waals surface area contributed by atoms with E-state index in [2.05, 4.69) is 44.6 Å². The topological polar surface area (TPSA) is 47.5 Å². The average Bonchev–Trinajstić information content (AvgIpc) is 2.46. The number of aromatic nitrogens is 2. The molecule has 0 atom stereocenters. The zero-order chi connectivity index (χ0) is 14.3. The highest BCUT2D eigenvalue weighted by molar-refractivity contribution is 9.09. The van der Waals surface area contributed by atoms with Gasteiger partial charge in [0.15, 0.2) is 0 Å². The molecule has 5 nitrogen and oxygen atoms in total. The fraction of sp³-hybridized carbons (Fsp3) is 0.692. The van der Waals surface area contributed by atoms with Crippen LogP contribution in [0.25, 0.3) is 0 Å². The lowest BCUT2D eigenvalue weighted by Crippen LogP contribution is -2.37. The number of hydrogen-bond donors (Lipinski definition) is 0. The first-order valence-electron chi connectivity index (χ1n) is 6.49. The summed E-state index contributed by atoms with van der Waals surface area (Å²) in [4.78, 5) is 11.0. The maximum Gasteiger partial charge on any atom is 0.232 e. The van der Waals surface area contributed by atoms with E-state index in [0.29, 0.717) is 23.8 Å². The molecule has 0 aliphatic carbocycles. The van der Waals surface area contributed by atoms with Crippen LogP contribution in [0.5, 0.6) is 11.8 Å². The van der Waals surface area contributed by atoms with Crippen molar-refractivity contribution in [1.29, 1.82) is 0 Å². The molecule has 1 aromatic rings. The second-order valence-corrected chi connectivity index (χ2v) is 4.90. The van der Waals surface area contributed by atoms with Crippen LogP contribution >= 0.6 is 15.9 Å². The van der Waals surface area contributed by atoms with Crippen LogP contribution in [0, 0.1) is 0 Å². The highest BCUT2D eigenvalue weighted by Crippen LogP contribution is 2.23. The predicted octanol–water partition coefficient (Wildman–Crippen LogP) is 2.88. The van der Waals surface area contributed by atoms with Crippen molar-refractivity contribution >= 4 is 21.9 Å². The summed E-state index contributed by atoms with van der Waals surface area (Å²) in [6.45, 7) is 5.20. The van der Waals surface area contributed by atoms with Gasteiger partial charge in [0, 0.05) is 17.9 Å². The Bertz CT molecular complexity index is 364. The second-order valence-electron chi connectivity index (χ2n) is 4.11. The molecule has 1 heterocycles. The molecule has 0 aliphatic heterocycles. The first-order chi connectivity index (χ1) is 9.19. The molecule has 0 aliphatic rings. The van der Waals surface area contributed by atoms with Gasteiger partial charge in [-0.2, -0.15) is 9.97 Å². The fourth-order valence-electron chi connectivity index (χ4n) is 2.00. The maximum absolute atomic E-state index is 5.20. The quantitative estimate of drug-likeness (QED) is 0.685. The summed E-state index contributed by atoms with van der Waals surface area (Å²) in [6, 6.07) is 2.09. The van der Waals surface area contributed by atoms with Crippen LogP contribution in [0.4, 0.5) is 5.95 Å². The minimum absolute atomic E-state index is 0.411. The van der Waals surface area contributed by atoms with Gasteiger partial charge in [-0.3, -0.25) is 0 Å². The fourth-order valence-corrected chi connectivity index (χ4v) is 2.38. The summed E-state index contributed by atoms with van der Waals surface area (Å²) in [5.74, 6) is 1.70. The van der Waals surface area contributed by atoms with Gasteiger partial charge in [0.1, 0.15) is 0 Å². The smallest absolute Gasteiger partial charge is 0.232 e. The molecule has 108 valence electrons. The lowest BCUT2D eigenvalue weighted by Gasteiger charge is -2.30. The van der Waals surface area contributed by atoms with E-state index in [-0.39, 0.29) is 0 Å². The van der Waals surface area contributed by atoms with Crippen molar-refractivity contribution in [2.24, 2.45) is 0 Å². The second kappa shape index (κ2) is 8.19. The summed E-state index contributed by atoms with van der Waals surface area (Å²) in [5.41, 5.74) is 0. The van der Waals surface area contributed by atoms with Gasteiger partial charge >= 0.3 is 0 Å². The molecular weight excluding hydrogens is 310 g/mol. The van der Waals surface area contributed by atoms with Gasteiger partial charge in [0.05, 0.1) is 20.3 Å². The largest absolute Gasteiger partial charge is 0.481 e. The molecule has 0 saturated heterocycles. The Morgan fingerprint density at radius 2 is 1.68 bits per heavy atom. The van der Waals surface area contributed by atoms with Crippen LogP contribution in [0.3, 0.4) is 0 Å². The van der Waals surface area contributed by atoms with Crippen LogP contribution < -0.4 is 14.4 Å². The lowest BCUT2D eigenvalue weighted by atomic mass is 10.1. The summed E-state index contributed by atoms with van der Waals surface area (Å²) in [5, 5.41) is 0.867. The molecular formula is C13H22BrN3O2. The van der Waals surface area contributed by atoms with Crippen LogP contribution in [-0.4, -0.2) is 42.1 Å². The van der Waals surface area contributed by atoms with Crippen molar-refractivity contribution in [3.8, 4) is 11.8 Å². The van der Waals surface area contributed by atoms with E-state index in [9.17, 15) is 0 Å². The molecule has 0 fully saturated rings. The van der Waals surface area contributed by atoms with E-state index in [0.717, 1.165) is 24.7 Å². The van der Waals surface area contributed by atoms with E-state index >= 15 is 0 Å². The van der Waals surface area contributed by atoms with E-state index in [1.807, 2.05) is 0 Å². The van der Waals surface area contributed by atoms with Gasteiger partial charge in [-0.25, -0.2) is 0 Å². The SMILES string of the molecule is CCC(CC)N(CCBr)c1nc(OC)cc(OC)n1. The number of rotatable bonds is 8. The summed E-state index contributed by atoms with van der Waals surface area (Å²) in [7, 11) is 3.19. The zero-order valence-electron chi connectivity index (χ0n) is 12.0. The van der Waals surface area contributed by atoms with E-state index in [1.165, 1.54) is 0 Å². The number of methoxy groups -OCH3 is 2. The molecule has 0 spiro atoms. The summed E-state index contributed by atoms with van der Waals surface area (Å²) < 4.78 is 10.4. The standard InChI is InChI=1S/C13H22BrN3O2/c1-5-10(6-2)17(8-7-14)13-15-11(18-3)9-12(16-13)19-4/h9-10H,5-8H2,1-4H3. The van der Waals surface area contributed by atoms with Crippen molar-refractivity contribution in [3.63, 3.8) is 0 Å². The van der Waals surface area contributed by atoms with Crippen LogP contribution in [-0.2, 0) is 0 Å². The van der Waals surface area contributed by atoms with Crippen molar-refractivity contribution in [2.75, 3.05) is 31.0 Å². The Hall–Kier alpha value is -1.04. The Labute approximate surface area is 123 Å². The molecule has 0 amide bonds. The third kappa shape index (κ3) is 4.23. The van der Waals surface area contributed by atoms with Gasteiger partial charge in [0.2, 0.25) is 17.7 Å². The van der Waals surface area contributed by atoms with Crippen molar-refractivity contribution in [2.45, 2.75) is 32.7 Å². The van der Waals surface area contributed by atoms with Crippen LogP contribution in [0.15, 0.2) is 6.07 Å². The molecule has 0 N–H and O–H groups in total. The van der Waals surface area contributed by atoms with Gasteiger partial charge < -0.3 is 14.4 Å². The zero-order valence-corrected chi connectivity index (χ0v) is 13.6. The molecule has 1 rings (SSSR count). The third-order valence-corrected chi connectivity index (χ3v) is 3.41. The number of ether oxygens (including phenoxy) is 2. The minimum Gasteiger partial charge on any atom is -0.481 e. The third-order valence-electron chi connectivity index (χ3n) is 3.05. The number of alkyl halides is 1. The van der Waals surface area contributed by atoms with Gasteiger partial charge in [-0.1, -0.05) is 29.8 Å². The summed E-state index contributed by atoms with van der Waals surface area (Å²) >= 11 is 3.49. The Morgan fingerprint density at radius 1 is 1.16 bits per heavy atom.